The zero-order valence-corrected chi connectivity index (χ0v) is 11.5. The molecule has 2 unspecified atom stereocenters. The van der Waals surface area contributed by atoms with Crippen LogP contribution in [0, 0.1) is 5.92 Å². The summed E-state index contributed by atoms with van der Waals surface area (Å²) >= 11 is 0. The highest BCUT2D eigenvalue weighted by molar-refractivity contribution is 7.91. The highest BCUT2D eigenvalue weighted by Gasteiger charge is 2.25. The fourth-order valence-corrected chi connectivity index (χ4v) is 3.30. The molecule has 3 N–H and O–H groups in total. The average molecular weight is 278 g/mol. The molecule has 6 nitrogen and oxygen atoms in total. The van der Waals surface area contributed by atoms with E-state index in [1.54, 1.807) is 0 Å². The Bertz CT molecular complexity index is 383. The van der Waals surface area contributed by atoms with E-state index in [1.807, 2.05) is 11.8 Å². The maximum Gasteiger partial charge on any atom is 0.218 e. The topological polar surface area (TPSA) is 101 Å². The Morgan fingerprint density at radius 3 is 2.67 bits per heavy atom. The van der Waals surface area contributed by atoms with Gasteiger partial charge in [-0.25, -0.2) is 8.42 Å². The average Bonchev–Trinajstić information content (AvgIpc) is 2.28. The monoisotopic (exact) mass is 278 g/mol. The van der Waals surface area contributed by atoms with Crippen LogP contribution in [0.4, 0.5) is 0 Å². The standard InChI is InChI=1S/C11H22N2O4S/c1-9-8-13(4-2-10(9)14)5-7-18(16,17)6-3-11(12)15/h9-10,14H,2-8H2,1H3,(H2,12,15). The molecule has 18 heavy (non-hydrogen) atoms. The summed E-state index contributed by atoms with van der Waals surface area (Å²) in [4.78, 5) is 12.6. The van der Waals surface area contributed by atoms with Gasteiger partial charge in [0.05, 0.1) is 17.6 Å². The fraction of sp³-hybridized carbons (Fsp3) is 0.909. The number of primary amides is 1. The van der Waals surface area contributed by atoms with Gasteiger partial charge < -0.3 is 15.7 Å². The third-order valence-corrected chi connectivity index (χ3v) is 4.95. The second-order valence-corrected chi connectivity index (χ2v) is 7.31. The number of nitrogens with zero attached hydrogens (tertiary/aromatic N) is 1. The smallest absolute Gasteiger partial charge is 0.218 e. The van der Waals surface area contributed by atoms with Crippen molar-refractivity contribution in [3.8, 4) is 0 Å². The minimum absolute atomic E-state index is 0.0447. The van der Waals surface area contributed by atoms with Crippen molar-refractivity contribution in [2.24, 2.45) is 11.7 Å². The van der Waals surface area contributed by atoms with Gasteiger partial charge in [0.1, 0.15) is 0 Å². The summed E-state index contributed by atoms with van der Waals surface area (Å²) in [6.07, 6.45) is 0.285. The third kappa shape index (κ3) is 5.32. The minimum Gasteiger partial charge on any atom is -0.393 e. The van der Waals surface area contributed by atoms with Gasteiger partial charge in [0.2, 0.25) is 5.91 Å². The van der Waals surface area contributed by atoms with Crippen LogP contribution in [0.2, 0.25) is 0 Å². The predicted molar refractivity (Wildman–Crippen MR) is 68.7 cm³/mol. The lowest BCUT2D eigenvalue weighted by Crippen LogP contribution is -2.43. The number of sulfone groups is 1. The van der Waals surface area contributed by atoms with Gasteiger partial charge >= 0.3 is 0 Å². The van der Waals surface area contributed by atoms with Gasteiger partial charge in [-0.3, -0.25) is 4.79 Å². The molecule has 0 aromatic heterocycles. The van der Waals surface area contributed by atoms with Crippen molar-refractivity contribution in [1.29, 1.82) is 0 Å². The molecule has 1 aliphatic heterocycles. The molecule has 1 saturated heterocycles. The van der Waals surface area contributed by atoms with E-state index in [2.05, 4.69) is 0 Å². The third-order valence-electron chi connectivity index (χ3n) is 3.32. The van der Waals surface area contributed by atoms with Gasteiger partial charge in [0, 0.05) is 26.1 Å². The van der Waals surface area contributed by atoms with Crippen LogP contribution in [0.15, 0.2) is 0 Å². The first-order valence-corrected chi connectivity index (χ1v) is 8.01. The van der Waals surface area contributed by atoms with Crippen LogP contribution in [0.25, 0.3) is 0 Å². The zero-order chi connectivity index (χ0) is 13.8. The predicted octanol–water partition coefficient (Wildman–Crippen LogP) is -1.02. The number of rotatable bonds is 6. The minimum atomic E-state index is -3.21. The van der Waals surface area contributed by atoms with E-state index in [0.29, 0.717) is 19.5 Å². The number of piperidine rings is 1. The summed E-state index contributed by atoms with van der Waals surface area (Å²) in [6, 6.07) is 0. The van der Waals surface area contributed by atoms with E-state index in [9.17, 15) is 18.3 Å². The maximum absolute atomic E-state index is 11.6. The van der Waals surface area contributed by atoms with E-state index >= 15 is 0 Å². The number of likely N-dealkylation sites (tertiary alicyclic amines) is 1. The van der Waals surface area contributed by atoms with E-state index in [0.717, 1.165) is 6.54 Å². The molecule has 1 amide bonds. The first kappa shape index (κ1) is 15.4. The second-order valence-electron chi connectivity index (χ2n) is 5.00. The Kier molecular flexibility index (Phi) is 5.55. The van der Waals surface area contributed by atoms with Crippen molar-refractivity contribution in [2.45, 2.75) is 25.9 Å². The van der Waals surface area contributed by atoms with E-state index in [-0.39, 0.29) is 29.9 Å². The van der Waals surface area contributed by atoms with Crippen LogP contribution >= 0.6 is 0 Å². The Morgan fingerprint density at radius 1 is 1.44 bits per heavy atom. The summed E-state index contributed by atoms with van der Waals surface area (Å²) in [5.41, 5.74) is 4.93. The number of aliphatic hydroxyl groups is 1. The molecule has 0 saturated carbocycles. The van der Waals surface area contributed by atoms with Crippen molar-refractivity contribution in [3.05, 3.63) is 0 Å². The molecule has 0 spiro atoms. The maximum atomic E-state index is 11.6. The lowest BCUT2D eigenvalue weighted by molar-refractivity contribution is -0.117. The number of aliphatic hydroxyl groups excluding tert-OH is 1. The first-order chi connectivity index (χ1) is 8.30. The summed E-state index contributed by atoms with van der Waals surface area (Å²) in [7, 11) is -3.21. The van der Waals surface area contributed by atoms with Gasteiger partial charge in [-0.15, -0.1) is 0 Å². The number of nitrogens with two attached hydrogens (primary N) is 1. The van der Waals surface area contributed by atoms with Gasteiger partial charge in [-0.1, -0.05) is 6.92 Å². The normalized spacial score (nSPS) is 26.1. The number of amides is 1. The van der Waals surface area contributed by atoms with Crippen LogP contribution in [-0.2, 0) is 14.6 Å². The lowest BCUT2D eigenvalue weighted by Gasteiger charge is -2.34. The summed E-state index contributed by atoms with van der Waals surface area (Å²) < 4.78 is 23.3. The molecule has 1 fully saturated rings. The van der Waals surface area contributed by atoms with Crippen LogP contribution in [0.5, 0.6) is 0 Å². The van der Waals surface area contributed by atoms with Crippen molar-refractivity contribution in [2.75, 3.05) is 31.1 Å². The highest BCUT2D eigenvalue weighted by Crippen LogP contribution is 2.16. The molecule has 0 radical (unpaired) electrons. The van der Waals surface area contributed by atoms with Crippen molar-refractivity contribution in [1.82, 2.24) is 4.90 Å². The van der Waals surface area contributed by atoms with Gasteiger partial charge in [-0.2, -0.15) is 0 Å². The molecule has 1 heterocycles. The molecule has 2 atom stereocenters. The quantitative estimate of drug-likeness (QED) is 0.647. The molecule has 1 rings (SSSR count). The highest BCUT2D eigenvalue weighted by atomic mass is 32.2. The molecule has 0 aromatic rings. The van der Waals surface area contributed by atoms with Crippen molar-refractivity contribution < 1.29 is 18.3 Å². The van der Waals surface area contributed by atoms with Crippen molar-refractivity contribution >= 4 is 15.7 Å². The number of hydrogen-bond donors (Lipinski definition) is 2. The summed E-state index contributed by atoms with van der Waals surface area (Å²) in [5, 5.41) is 9.57. The second kappa shape index (κ2) is 6.49. The van der Waals surface area contributed by atoms with Crippen LogP contribution < -0.4 is 5.73 Å². The SMILES string of the molecule is CC1CN(CCS(=O)(=O)CCC(N)=O)CCC1O. The van der Waals surface area contributed by atoms with Crippen LogP contribution in [0.1, 0.15) is 19.8 Å². The molecular weight excluding hydrogens is 256 g/mol. The van der Waals surface area contributed by atoms with E-state index in [4.69, 9.17) is 5.73 Å². The van der Waals surface area contributed by atoms with Gasteiger partial charge in [-0.05, 0) is 12.3 Å². The van der Waals surface area contributed by atoms with E-state index in [1.165, 1.54) is 0 Å². The zero-order valence-electron chi connectivity index (χ0n) is 10.7. The first-order valence-electron chi connectivity index (χ1n) is 6.19. The van der Waals surface area contributed by atoms with Crippen LogP contribution in [-0.4, -0.2) is 61.6 Å². The Hall–Kier alpha value is -0.660. The molecular formula is C11H22N2O4S. The fourth-order valence-electron chi connectivity index (χ4n) is 2.05. The Balaban J connectivity index is 2.34. The Labute approximate surface area is 108 Å². The molecule has 0 bridgehead atoms. The number of carbonyl (C=O) groups excluding carboxylic acids is 1. The summed E-state index contributed by atoms with van der Waals surface area (Å²) in [6.45, 7) is 3.85. The van der Waals surface area contributed by atoms with Crippen LogP contribution in [0.3, 0.4) is 0 Å². The van der Waals surface area contributed by atoms with E-state index < -0.39 is 15.7 Å². The largest absolute Gasteiger partial charge is 0.393 e. The molecule has 0 aliphatic carbocycles. The number of carbonyl (C=O) groups is 1. The molecule has 106 valence electrons. The van der Waals surface area contributed by atoms with Gasteiger partial charge in [0.15, 0.2) is 9.84 Å². The lowest BCUT2D eigenvalue weighted by atomic mass is 9.97. The Morgan fingerprint density at radius 2 is 2.11 bits per heavy atom. The van der Waals surface area contributed by atoms with Crippen molar-refractivity contribution in [3.63, 3.8) is 0 Å². The van der Waals surface area contributed by atoms with Gasteiger partial charge in [0.25, 0.3) is 0 Å². The molecule has 1 aliphatic rings. The molecule has 7 heteroatoms. The summed E-state index contributed by atoms with van der Waals surface area (Å²) in [5.74, 6) is -0.544. The molecule has 0 aromatic carbocycles. The number of hydrogen-bond acceptors (Lipinski definition) is 5.